The van der Waals surface area contributed by atoms with E-state index in [1.807, 2.05) is 59.7 Å². The Morgan fingerprint density at radius 1 is 1.08 bits per heavy atom. The highest BCUT2D eigenvalue weighted by molar-refractivity contribution is 6.06. The summed E-state index contributed by atoms with van der Waals surface area (Å²) < 4.78 is 7.16. The van der Waals surface area contributed by atoms with Gasteiger partial charge < -0.3 is 4.74 Å². The van der Waals surface area contributed by atoms with E-state index in [-0.39, 0.29) is 30.1 Å². The zero-order chi connectivity index (χ0) is 26.4. The molecule has 9 nitrogen and oxygen atoms in total. The summed E-state index contributed by atoms with van der Waals surface area (Å²) in [5.74, 6) is 0.481. The normalized spacial score (nSPS) is 20.1. The number of fused-ring (bicyclic) bond motifs is 1. The van der Waals surface area contributed by atoms with E-state index >= 15 is 0 Å². The molecule has 1 amide bonds. The van der Waals surface area contributed by atoms with E-state index in [2.05, 4.69) is 15.1 Å². The van der Waals surface area contributed by atoms with Crippen LogP contribution in [-0.4, -0.2) is 60.0 Å². The Balaban J connectivity index is 1.66. The molecule has 3 aromatic rings. The van der Waals surface area contributed by atoms with Gasteiger partial charge in [0, 0.05) is 36.3 Å². The first-order valence-corrected chi connectivity index (χ1v) is 12.2. The molecule has 3 heterocycles. The average molecular weight is 492 g/mol. The number of carbonyl (C=O) groups is 3. The van der Waals surface area contributed by atoms with Crippen molar-refractivity contribution in [2.24, 2.45) is 5.92 Å². The molecule has 1 aliphatic rings. The van der Waals surface area contributed by atoms with Crippen LogP contribution in [0.5, 0.6) is 0 Å². The van der Waals surface area contributed by atoms with Crippen LogP contribution in [0.1, 0.15) is 64.3 Å². The van der Waals surface area contributed by atoms with E-state index in [4.69, 9.17) is 4.74 Å². The number of aryl methyl sites for hydroxylation is 1. The lowest BCUT2D eigenvalue weighted by molar-refractivity contribution is -0.124. The molecule has 9 heteroatoms. The third-order valence-electron chi connectivity index (χ3n) is 6.67. The van der Waals surface area contributed by atoms with Crippen LogP contribution in [0.3, 0.4) is 0 Å². The Labute approximate surface area is 210 Å². The van der Waals surface area contributed by atoms with Crippen molar-refractivity contribution in [2.45, 2.75) is 79.1 Å². The van der Waals surface area contributed by atoms with Crippen LogP contribution in [0.15, 0.2) is 30.6 Å². The molecule has 190 valence electrons. The average Bonchev–Trinajstić information content (AvgIpc) is 3.30. The fourth-order valence-electron chi connectivity index (χ4n) is 4.65. The first kappa shape index (κ1) is 25.5. The van der Waals surface area contributed by atoms with E-state index in [9.17, 15) is 14.4 Å². The first-order chi connectivity index (χ1) is 16.9. The van der Waals surface area contributed by atoms with Crippen LogP contribution in [0.4, 0.5) is 4.79 Å². The fourth-order valence-corrected chi connectivity index (χ4v) is 4.65. The maximum absolute atomic E-state index is 13.5. The molecule has 1 saturated heterocycles. The number of amides is 1. The molecule has 36 heavy (non-hydrogen) atoms. The highest BCUT2D eigenvalue weighted by Gasteiger charge is 2.44. The molecular formula is C27H33N5O4. The van der Waals surface area contributed by atoms with Crippen molar-refractivity contribution in [3.63, 3.8) is 0 Å². The van der Waals surface area contributed by atoms with Crippen molar-refractivity contribution >= 4 is 28.6 Å². The highest BCUT2D eigenvalue weighted by atomic mass is 16.6. The van der Waals surface area contributed by atoms with Crippen LogP contribution >= 0.6 is 0 Å². The third kappa shape index (κ3) is 5.01. The Morgan fingerprint density at radius 3 is 2.36 bits per heavy atom. The van der Waals surface area contributed by atoms with E-state index in [1.165, 1.54) is 6.92 Å². The second kappa shape index (κ2) is 9.44. The smallest absolute Gasteiger partial charge is 0.411 e. The maximum atomic E-state index is 13.5. The van der Waals surface area contributed by atoms with E-state index in [0.717, 1.165) is 11.1 Å². The Hall–Kier alpha value is -3.62. The fraction of sp³-hybridized carbons (Fsp3) is 0.481. The van der Waals surface area contributed by atoms with Crippen molar-refractivity contribution in [3.8, 4) is 11.1 Å². The number of benzene rings is 1. The van der Waals surface area contributed by atoms with E-state index in [1.54, 1.807) is 22.0 Å². The Bertz CT molecular complexity index is 1320. The second-order valence-electron chi connectivity index (χ2n) is 10.6. The van der Waals surface area contributed by atoms with Crippen LogP contribution in [-0.2, 0) is 16.1 Å². The largest absolute Gasteiger partial charge is 0.444 e. The minimum absolute atomic E-state index is 0.0554. The Kier molecular flexibility index (Phi) is 6.68. The zero-order valence-corrected chi connectivity index (χ0v) is 21.9. The zero-order valence-electron chi connectivity index (χ0n) is 21.9. The molecule has 0 spiro atoms. The van der Waals surface area contributed by atoms with Gasteiger partial charge >= 0.3 is 6.09 Å². The highest BCUT2D eigenvalue weighted by Crippen LogP contribution is 2.33. The van der Waals surface area contributed by atoms with Crippen molar-refractivity contribution in [3.05, 3.63) is 42.1 Å². The van der Waals surface area contributed by atoms with Crippen molar-refractivity contribution in [1.82, 2.24) is 24.6 Å². The predicted octanol–water partition coefficient (Wildman–Crippen LogP) is 4.61. The lowest BCUT2D eigenvalue weighted by Crippen LogP contribution is -2.47. The van der Waals surface area contributed by atoms with Gasteiger partial charge in [-0.1, -0.05) is 13.0 Å². The molecule has 0 saturated carbocycles. The van der Waals surface area contributed by atoms with Gasteiger partial charge in [0.15, 0.2) is 11.6 Å². The SMILES string of the molecule is CC(=O)c1nn(CC(=O)[C@@H]2C[C@@H](C)[C@@H](C)N2C(=O)OC(C)(C)C)c2ccc(-c3cnc(C)nc3)cc12. The summed E-state index contributed by atoms with van der Waals surface area (Å²) in [6.07, 6.45) is 3.53. The van der Waals surface area contributed by atoms with E-state index in [0.29, 0.717) is 28.8 Å². The quantitative estimate of drug-likeness (QED) is 0.480. The number of hydrogen-bond acceptors (Lipinski definition) is 7. The first-order valence-electron chi connectivity index (χ1n) is 12.2. The molecule has 0 bridgehead atoms. The summed E-state index contributed by atoms with van der Waals surface area (Å²) in [7, 11) is 0. The Morgan fingerprint density at radius 2 is 1.75 bits per heavy atom. The molecule has 0 radical (unpaired) electrons. The summed E-state index contributed by atoms with van der Waals surface area (Å²) in [5.41, 5.74) is 1.98. The minimum Gasteiger partial charge on any atom is -0.444 e. The van der Waals surface area contributed by atoms with Gasteiger partial charge in [0.1, 0.15) is 23.7 Å². The molecule has 2 aromatic heterocycles. The van der Waals surface area contributed by atoms with Crippen molar-refractivity contribution in [1.29, 1.82) is 0 Å². The van der Waals surface area contributed by atoms with Crippen LogP contribution in [0, 0.1) is 12.8 Å². The number of Topliss-reactive ketones (excluding diaryl/α,β-unsaturated/α-hetero) is 2. The number of carbonyl (C=O) groups excluding carboxylic acids is 3. The molecule has 1 aromatic carbocycles. The van der Waals surface area contributed by atoms with Gasteiger partial charge in [-0.25, -0.2) is 14.8 Å². The molecule has 0 N–H and O–H groups in total. The van der Waals surface area contributed by atoms with Crippen LogP contribution in [0.25, 0.3) is 22.0 Å². The van der Waals surface area contributed by atoms with Crippen LogP contribution < -0.4 is 0 Å². The molecule has 1 fully saturated rings. The number of hydrogen-bond donors (Lipinski definition) is 0. The molecule has 0 unspecified atom stereocenters. The molecule has 0 aliphatic carbocycles. The summed E-state index contributed by atoms with van der Waals surface area (Å²) in [6.45, 7) is 12.6. The summed E-state index contributed by atoms with van der Waals surface area (Å²) in [5, 5.41) is 5.15. The number of likely N-dealkylation sites (tertiary alicyclic amines) is 1. The van der Waals surface area contributed by atoms with Crippen molar-refractivity contribution in [2.75, 3.05) is 0 Å². The number of nitrogens with zero attached hydrogens (tertiary/aromatic N) is 5. The molecule has 4 rings (SSSR count). The lowest BCUT2D eigenvalue weighted by Gasteiger charge is -2.31. The standard InChI is InChI=1S/C27H33N5O4/c1-15-10-23(32(16(15)2)26(35)36-27(5,6)7)24(34)14-31-22-9-8-19(20-12-28-18(4)29-13-20)11-21(22)25(30-31)17(3)33/h8-9,11-13,15-16,23H,10,14H2,1-7H3/t15-,16-,23+/m1/s1. The topological polar surface area (TPSA) is 107 Å². The van der Waals surface area contributed by atoms with Crippen LogP contribution in [0.2, 0.25) is 0 Å². The predicted molar refractivity (Wildman–Crippen MR) is 136 cm³/mol. The molecule has 3 atom stereocenters. The lowest BCUT2D eigenvalue weighted by atomic mass is 10.0. The van der Waals surface area contributed by atoms with Gasteiger partial charge in [-0.15, -0.1) is 0 Å². The number of aromatic nitrogens is 4. The summed E-state index contributed by atoms with van der Waals surface area (Å²) in [6, 6.07) is 4.88. The molecule has 1 aliphatic heterocycles. The maximum Gasteiger partial charge on any atom is 0.411 e. The number of ketones is 2. The number of rotatable bonds is 5. The van der Waals surface area contributed by atoms with E-state index < -0.39 is 17.7 Å². The van der Waals surface area contributed by atoms with Gasteiger partial charge in [-0.2, -0.15) is 5.10 Å². The number of ether oxygens (including phenoxy) is 1. The van der Waals surface area contributed by atoms with Gasteiger partial charge in [-0.3, -0.25) is 19.2 Å². The van der Waals surface area contributed by atoms with Gasteiger partial charge in [0.25, 0.3) is 0 Å². The summed E-state index contributed by atoms with van der Waals surface area (Å²) >= 11 is 0. The second-order valence-corrected chi connectivity index (χ2v) is 10.6. The third-order valence-corrected chi connectivity index (χ3v) is 6.67. The van der Waals surface area contributed by atoms with Gasteiger partial charge in [-0.05, 0) is 64.7 Å². The van der Waals surface area contributed by atoms with Gasteiger partial charge in [0.05, 0.1) is 11.6 Å². The van der Waals surface area contributed by atoms with Gasteiger partial charge in [0.2, 0.25) is 0 Å². The molecular weight excluding hydrogens is 458 g/mol. The summed E-state index contributed by atoms with van der Waals surface area (Å²) in [4.78, 5) is 49.0. The minimum atomic E-state index is -0.662. The monoisotopic (exact) mass is 491 g/mol. The van der Waals surface area contributed by atoms with Crippen molar-refractivity contribution < 1.29 is 19.1 Å².